The molecule has 1 aromatic heterocycles. The molecule has 2 heterocycles. The number of rotatable bonds is 6. The summed E-state index contributed by atoms with van der Waals surface area (Å²) in [6.07, 6.45) is 1.79. The minimum absolute atomic E-state index is 0.0677. The maximum atomic E-state index is 13.4. The SMILES string of the molecule is O=C(NC(c1ccccc1)c1ccccc1)C1CCCN(c2ccc(-c3ccc(Cl)cc3)nn2)C1. The van der Waals surface area contributed by atoms with Crippen molar-refractivity contribution in [1.29, 1.82) is 0 Å². The molecular formula is C29H27ClN4O. The molecule has 4 aromatic rings. The monoisotopic (exact) mass is 482 g/mol. The van der Waals surface area contributed by atoms with Crippen LogP contribution >= 0.6 is 11.6 Å². The summed E-state index contributed by atoms with van der Waals surface area (Å²) in [6, 6.07) is 31.6. The maximum absolute atomic E-state index is 13.4. The van der Waals surface area contributed by atoms with Gasteiger partial charge in [0, 0.05) is 23.7 Å². The number of carbonyl (C=O) groups is 1. The molecule has 35 heavy (non-hydrogen) atoms. The van der Waals surface area contributed by atoms with Crippen LogP contribution in [0.25, 0.3) is 11.3 Å². The molecule has 0 radical (unpaired) electrons. The molecule has 1 aliphatic rings. The zero-order valence-electron chi connectivity index (χ0n) is 19.3. The summed E-state index contributed by atoms with van der Waals surface area (Å²) in [5.74, 6) is 0.748. The second-order valence-corrected chi connectivity index (χ2v) is 9.27. The molecule has 0 bridgehead atoms. The zero-order chi connectivity index (χ0) is 24.0. The topological polar surface area (TPSA) is 58.1 Å². The van der Waals surface area contributed by atoms with Gasteiger partial charge in [-0.1, -0.05) is 84.4 Å². The number of carbonyl (C=O) groups excluding carboxylic acids is 1. The van der Waals surface area contributed by atoms with Gasteiger partial charge < -0.3 is 10.2 Å². The highest BCUT2D eigenvalue weighted by molar-refractivity contribution is 6.30. The molecule has 1 saturated heterocycles. The van der Waals surface area contributed by atoms with Crippen molar-refractivity contribution in [3.8, 4) is 11.3 Å². The number of benzene rings is 3. The Morgan fingerprint density at radius 2 is 1.51 bits per heavy atom. The Bertz CT molecular complexity index is 1210. The Labute approximate surface area is 210 Å². The number of nitrogens with zero attached hydrogens (tertiary/aromatic N) is 3. The Morgan fingerprint density at radius 1 is 0.857 bits per heavy atom. The fourth-order valence-corrected chi connectivity index (χ4v) is 4.70. The summed E-state index contributed by atoms with van der Waals surface area (Å²) < 4.78 is 0. The molecule has 1 fully saturated rings. The van der Waals surface area contributed by atoms with Crippen molar-refractivity contribution in [3.05, 3.63) is 113 Å². The third-order valence-corrected chi connectivity index (χ3v) is 6.71. The molecule has 5 rings (SSSR count). The normalized spacial score (nSPS) is 15.7. The molecule has 1 unspecified atom stereocenters. The van der Waals surface area contributed by atoms with E-state index in [1.165, 1.54) is 0 Å². The van der Waals surface area contributed by atoms with E-state index in [1.807, 2.05) is 72.8 Å². The summed E-state index contributed by atoms with van der Waals surface area (Å²) in [6.45, 7) is 1.48. The number of piperidine rings is 1. The molecule has 1 aliphatic heterocycles. The van der Waals surface area contributed by atoms with Gasteiger partial charge in [-0.25, -0.2) is 0 Å². The largest absolute Gasteiger partial charge is 0.354 e. The second kappa shape index (κ2) is 10.7. The van der Waals surface area contributed by atoms with Crippen molar-refractivity contribution >= 4 is 23.3 Å². The molecule has 0 spiro atoms. The van der Waals surface area contributed by atoms with Gasteiger partial charge in [0.15, 0.2) is 5.82 Å². The van der Waals surface area contributed by atoms with Crippen molar-refractivity contribution in [3.63, 3.8) is 0 Å². The van der Waals surface area contributed by atoms with Crippen molar-refractivity contribution < 1.29 is 4.79 Å². The van der Waals surface area contributed by atoms with Gasteiger partial charge in [-0.15, -0.1) is 10.2 Å². The van der Waals surface area contributed by atoms with E-state index in [9.17, 15) is 4.79 Å². The van der Waals surface area contributed by atoms with Crippen LogP contribution in [-0.2, 0) is 4.79 Å². The van der Waals surface area contributed by atoms with Gasteiger partial charge in [-0.3, -0.25) is 4.79 Å². The van der Waals surface area contributed by atoms with Crippen LogP contribution in [-0.4, -0.2) is 29.2 Å². The predicted octanol–water partition coefficient (Wildman–Crippen LogP) is 5.92. The Balaban J connectivity index is 1.29. The van der Waals surface area contributed by atoms with E-state index in [0.717, 1.165) is 47.6 Å². The fourth-order valence-electron chi connectivity index (χ4n) is 4.58. The van der Waals surface area contributed by atoms with Crippen LogP contribution < -0.4 is 10.2 Å². The van der Waals surface area contributed by atoms with Gasteiger partial charge in [-0.05, 0) is 48.2 Å². The van der Waals surface area contributed by atoms with Crippen molar-refractivity contribution in [2.45, 2.75) is 18.9 Å². The van der Waals surface area contributed by atoms with E-state index >= 15 is 0 Å². The van der Waals surface area contributed by atoms with E-state index in [2.05, 4.69) is 44.7 Å². The van der Waals surface area contributed by atoms with E-state index in [0.29, 0.717) is 11.6 Å². The first-order valence-electron chi connectivity index (χ1n) is 11.9. The molecule has 0 aliphatic carbocycles. The standard InChI is InChI=1S/C29H27ClN4O/c30-25-15-13-21(14-16-25)26-17-18-27(33-32-26)34-19-7-12-24(20-34)29(35)31-28(22-8-3-1-4-9-22)23-10-5-2-6-11-23/h1-6,8-11,13-18,24,28H,7,12,19-20H2,(H,31,35). The maximum Gasteiger partial charge on any atom is 0.225 e. The summed E-state index contributed by atoms with van der Waals surface area (Å²) in [4.78, 5) is 15.6. The zero-order valence-corrected chi connectivity index (χ0v) is 20.1. The highest BCUT2D eigenvalue weighted by atomic mass is 35.5. The fraction of sp³-hybridized carbons (Fsp3) is 0.207. The Hall–Kier alpha value is -3.70. The molecule has 1 amide bonds. The van der Waals surface area contributed by atoms with Crippen molar-refractivity contribution in [2.75, 3.05) is 18.0 Å². The van der Waals surface area contributed by atoms with E-state index < -0.39 is 0 Å². The Morgan fingerprint density at radius 3 is 2.11 bits per heavy atom. The Kier molecular flexibility index (Phi) is 7.05. The highest BCUT2D eigenvalue weighted by Gasteiger charge is 2.29. The van der Waals surface area contributed by atoms with Gasteiger partial charge in [0.2, 0.25) is 5.91 Å². The first-order chi connectivity index (χ1) is 17.2. The van der Waals surface area contributed by atoms with Gasteiger partial charge in [0.25, 0.3) is 0 Å². The molecular weight excluding hydrogens is 456 g/mol. The van der Waals surface area contributed by atoms with Crippen LogP contribution in [0, 0.1) is 5.92 Å². The summed E-state index contributed by atoms with van der Waals surface area (Å²) in [5.41, 5.74) is 3.91. The number of hydrogen-bond acceptors (Lipinski definition) is 4. The van der Waals surface area contributed by atoms with Crippen LogP contribution in [0.5, 0.6) is 0 Å². The number of amides is 1. The third-order valence-electron chi connectivity index (χ3n) is 6.46. The smallest absolute Gasteiger partial charge is 0.225 e. The molecule has 3 aromatic carbocycles. The second-order valence-electron chi connectivity index (χ2n) is 8.83. The minimum Gasteiger partial charge on any atom is -0.354 e. The summed E-state index contributed by atoms with van der Waals surface area (Å²) in [7, 11) is 0. The molecule has 6 heteroatoms. The number of halogens is 1. The lowest BCUT2D eigenvalue weighted by molar-refractivity contribution is -0.125. The lowest BCUT2D eigenvalue weighted by atomic mass is 9.94. The van der Waals surface area contributed by atoms with Gasteiger partial charge in [0.05, 0.1) is 17.7 Å². The van der Waals surface area contributed by atoms with Gasteiger partial charge >= 0.3 is 0 Å². The molecule has 0 saturated carbocycles. The average molecular weight is 483 g/mol. The molecule has 1 N–H and O–H groups in total. The number of nitrogens with one attached hydrogen (secondary N) is 1. The molecule has 5 nitrogen and oxygen atoms in total. The molecule has 176 valence electrons. The average Bonchev–Trinajstić information content (AvgIpc) is 2.93. The number of anilines is 1. The first-order valence-corrected chi connectivity index (χ1v) is 12.3. The first kappa shape index (κ1) is 23.1. The van der Waals surface area contributed by atoms with Crippen LogP contribution in [0.3, 0.4) is 0 Å². The number of aromatic nitrogens is 2. The van der Waals surface area contributed by atoms with Crippen molar-refractivity contribution in [1.82, 2.24) is 15.5 Å². The predicted molar refractivity (Wildman–Crippen MR) is 140 cm³/mol. The highest BCUT2D eigenvalue weighted by Crippen LogP contribution is 2.27. The van der Waals surface area contributed by atoms with Crippen LogP contribution in [0.15, 0.2) is 97.1 Å². The lowest BCUT2D eigenvalue weighted by Gasteiger charge is -2.33. The van der Waals surface area contributed by atoms with Crippen molar-refractivity contribution in [2.24, 2.45) is 5.92 Å². The quantitative estimate of drug-likeness (QED) is 0.370. The van der Waals surface area contributed by atoms with Gasteiger partial charge in [-0.2, -0.15) is 0 Å². The van der Waals surface area contributed by atoms with E-state index in [1.54, 1.807) is 0 Å². The third kappa shape index (κ3) is 5.52. The van der Waals surface area contributed by atoms with E-state index in [-0.39, 0.29) is 17.9 Å². The van der Waals surface area contributed by atoms with E-state index in [4.69, 9.17) is 11.6 Å². The van der Waals surface area contributed by atoms with Crippen LogP contribution in [0.4, 0.5) is 5.82 Å². The molecule has 1 atom stereocenters. The lowest BCUT2D eigenvalue weighted by Crippen LogP contribution is -2.44. The summed E-state index contributed by atoms with van der Waals surface area (Å²) in [5, 5.41) is 12.9. The van der Waals surface area contributed by atoms with Crippen LogP contribution in [0.1, 0.15) is 30.0 Å². The van der Waals surface area contributed by atoms with Crippen LogP contribution in [0.2, 0.25) is 5.02 Å². The summed E-state index contributed by atoms with van der Waals surface area (Å²) >= 11 is 5.99. The minimum atomic E-state index is -0.182. The van der Waals surface area contributed by atoms with Gasteiger partial charge in [0.1, 0.15) is 0 Å². The number of hydrogen-bond donors (Lipinski definition) is 1.